The van der Waals surface area contributed by atoms with Crippen LogP contribution in [0.2, 0.25) is 0 Å². The zero-order valence-electron chi connectivity index (χ0n) is 13.1. The first kappa shape index (κ1) is 16.8. The van der Waals surface area contributed by atoms with Gasteiger partial charge in [-0.25, -0.2) is 9.37 Å². The number of nitrogens with two attached hydrogens (primary N) is 1. The van der Waals surface area contributed by atoms with Gasteiger partial charge in [-0.05, 0) is 24.7 Å². The fraction of sp³-hybridized carbons (Fsp3) is 0.375. The first-order valence-corrected chi connectivity index (χ1v) is 8.63. The lowest BCUT2D eigenvalue weighted by molar-refractivity contribution is 0.102. The predicted molar refractivity (Wildman–Crippen MR) is 92.3 cm³/mol. The molecule has 128 valence electrons. The molecule has 1 aliphatic heterocycles. The molecule has 2 heterocycles. The molecule has 0 aliphatic carbocycles. The topological polar surface area (TPSA) is 80.5 Å². The number of morpholine rings is 1. The third-order valence-electron chi connectivity index (χ3n) is 3.66. The number of ether oxygens (including phenoxy) is 1. The summed E-state index contributed by atoms with van der Waals surface area (Å²) in [5, 5.41) is 5.21. The van der Waals surface area contributed by atoms with E-state index >= 15 is 0 Å². The molecule has 1 fully saturated rings. The monoisotopic (exact) mass is 350 g/mol. The highest BCUT2D eigenvalue weighted by molar-refractivity contribution is 7.09. The lowest BCUT2D eigenvalue weighted by Gasteiger charge is -2.29. The number of nitrogens with zero attached hydrogens (tertiary/aromatic N) is 2. The molecule has 1 amide bonds. The SMILES string of the molecule is NCCc1nc(C(=O)Nc2cc(F)cc(N3CCOCC3)c2)cs1. The number of thiazole rings is 1. The van der Waals surface area contributed by atoms with Gasteiger partial charge in [0.2, 0.25) is 0 Å². The number of carbonyl (C=O) groups excluding carboxylic acids is 1. The third-order valence-corrected chi connectivity index (χ3v) is 4.57. The van der Waals surface area contributed by atoms with Crippen molar-refractivity contribution in [2.45, 2.75) is 6.42 Å². The van der Waals surface area contributed by atoms with E-state index in [0.717, 1.165) is 10.7 Å². The fourth-order valence-electron chi connectivity index (χ4n) is 2.50. The number of hydrogen-bond donors (Lipinski definition) is 2. The van der Waals surface area contributed by atoms with Crippen LogP contribution in [0.5, 0.6) is 0 Å². The van der Waals surface area contributed by atoms with E-state index in [9.17, 15) is 9.18 Å². The zero-order chi connectivity index (χ0) is 16.9. The van der Waals surface area contributed by atoms with E-state index in [1.807, 2.05) is 4.90 Å². The van der Waals surface area contributed by atoms with Gasteiger partial charge < -0.3 is 20.7 Å². The summed E-state index contributed by atoms with van der Waals surface area (Å²) in [5.74, 6) is -0.746. The van der Waals surface area contributed by atoms with Gasteiger partial charge in [0.1, 0.15) is 11.5 Å². The van der Waals surface area contributed by atoms with Crippen molar-refractivity contribution in [2.75, 3.05) is 43.1 Å². The maximum atomic E-state index is 13.9. The van der Waals surface area contributed by atoms with Crippen LogP contribution in [0.15, 0.2) is 23.6 Å². The first-order chi connectivity index (χ1) is 11.7. The first-order valence-electron chi connectivity index (χ1n) is 7.75. The van der Waals surface area contributed by atoms with Crippen LogP contribution < -0.4 is 16.0 Å². The van der Waals surface area contributed by atoms with Crippen LogP contribution >= 0.6 is 11.3 Å². The summed E-state index contributed by atoms with van der Waals surface area (Å²) < 4.78 is 19.2. The molecule has 0 unspecified atom stereocenters. The summed E-state index contributed by atoms with van der Waals surface area (Å²) in [5.41, 5.74) is 6.95. The van der Waals surface area contributed by atoms with E-state index in [-0.39, 0.29) is 5.91 Å². The van der Waals surface area contributed by atoms with Crippen LogP contribution in [0.4, 0.5) is 15.8 Å². The highest BCUT2D eigenvalue weighted by Gasteiger charge is 2.15. The van der Waals surface area contributed by atoms with Crippen molar-refractivity contribution in [3.8, 4) is 0 Å². The van der Waals surface area contributed by atoms with Crippen LogP contribution in [0.25, 0.3) is 0 Å². The minimum absolute atomic E-state index is 0.320. The molecule has 24 heavy (non-hydrogen) atoms. The average molecular weight is 350 g/mol. The lowest BCUT2D eigenvalue weighted by atomic mass is 10.2. The van der Waals surface area contributed by atoms with E-state index < -0.39 is 5.82 Å². The van der Waals surface area contributed by atoms with Crippen molar-refractivity contribution < 1.29 is 13.9 Å². The van der Waals surface area contributed by atoms with Gasteiger partial charge in [-0.1, -0.05) is 0 Å². The maximum Gasteiger partial charge on any atom is 0.275 e. The molecule has 0 radical (unpaired) electrons. The molecule has 1 aromatic heterocycles. The second-order valence-electron chi connectivity index (χ2n) is 5.42. The fourth-order valence-corrected chi connectivity index (χ4v) is 3.29. The molecule has 0 spiro atoms. The maximum absolute atomic E-state index is 13.9. The lowest BCUT2D eigenvalue weighted by Crippen LogP contribution is -2.36. The summed E-state index contributed by atoms with van der Waals surface area (Å²) in [7, 11) is 0. The van der Waals surface area contributed by atoms with E-state index in [1.54, 1.807) is 11.4 Å². The van der Waals surface area contributed by atoms with Crippen LogP contribution in [0.3, 0.4) is 0 Å². The van der Waals surface area contributed by atoms with E-state index in [0.29, 0.717) is 50.7 Å². The molecule has 6 nitrogen and oxygen atoms in total. The van der Waals surface area contributed by atoms with Gasteiger partial charge in [0.25, 0.3) is 5.91 Å². The van der Waals surface area contributed by atoms with Crippen LogP contribution in [-0.2, 0) is 11.2 Å². The molecule has 3 N–H and O–H groups in total. The molecular formula is C16H19FN4O2S. The second kappa shape index (κ2) is 7.69. The predicted octanol–water partition coefficient (Wildman–Crippen LogP) is 1.87. The van der Waals surface area contributed by atoms with Crippen LogP contribution in [-0.4, -0.2) is 43.7 Å². The van der Waals surface area contributed by atoms with E-state index in [4.69, 9.17) is 10.5 Å². The normalized spacial score (nSPS) is 14.7. The molecule has 0 atom stereocenters. The van der Waals surface area contributed by atoms with Crippen LogP contribution in [0.1, 0.15) is 15.5 Å². The smallest absolute Gasteiger partial charge is 0.275 e. The second-order valence-corrected chi connectivity index (χ2v) is 6.36. The molecule has 0 bridgehead atoms. The Morgan fingerprint density at radius 1 is 1.38 bits per heavy atom. The molecule has 2 aromatic rings. The largest absolute Gasteiger partial charge is 0.378 e. The van der Waals surface area contributed by atoms with Gasteiger partial charge in [-0.3, -0.25) is 4.79 Å². The Balaban J connectivity index is 1.73. The molecule has 1 aliphatic rings. The summed E-state index contributed by atoms with van der Waals surface area (Å²) in [6, 6.07) is 4.53. The Labute approximate surface area is 143 Å². The van der Waals surface area contributed by atoms with Crippen LogP contribution in [0, 0.1) is 5.82 Å². The van der Waals surface area contributed by atoms with Crippen molar-refractivity contribution in [1.29, 1.82) is 0 Å². The standard InChI is InChI=1S/C16H19FN4O2S/c17-11-7-12(9-13(8-11)21-3-5-23-6-4-21)19-16(22)14-10-24-15(20-14)1-2-18/h7-10H,1-6,18H2,(H,19,22). The number of hydrogen-bond acceptors (Lipinski definition) is 6. The number of anilines is 2. The number of nitrogens with one attached hydrogen (secondary N) is 1. The van der Waals surface area contributed by atoms with Crippen molar-refractivity contribution in [2.24, 2.45) is 5.73 Å². The van der Waals surface area contributed by atoms with Crippen molar-refractivity contribution in [1.82, 2.24) is 4.98 Å². The van der Waals surface area contributed by atoms with Gasteiger partial charge in [0.15, 0.2) is 0 Å². The summed E-state index contributed by atoms with van der Waals surface area (Å²) >= 11 is 1.39. The van der Waals surface area contributed by atoms with E-state index in [2.05, 4.69) is 10.3 Å². The molecule has 1 saturated heterocycles. The number of halogens is 1. The molecule has 1 aromatic carbocycles. The Morgan fingerprint density at radius 3 is 2.92 bits per heavy atom. The zero-order valence-corrected chi connectivity index (χ0v) is 13.9. The number of aromatic nitrogens is 1. The van der Waals surface area contributed by atoms with Gasteiger partial charge in [-0.15, -0.1) is 11.3 Å². The Bertz CT molecular complexity index is 716. The minimum Gasteiger partial charge on any atom is -0.378 e. The minimum atomic E-state index is -0.392. The molecule has 3 rings (SSSR count). The average Bonchev–Trinajstić information content (AvgIpc) is 3.04. The summed E-state index contributed by atoms with van der Waals surface area (Å²) in [6.45, 7) is 3.11. The highest BCUT2D eigenvalue weighted by Crippen LogP contribution is 2.23. The van der Waals surface area contributed by atoms with Gasteiger partial charge in [0.05, 0.1) is 18.2 Å². The Morgan fingerprint density at radius 2 is 2.17 bits per heavy atom. The molecule has 0 saturated carbocycles. The highest BCUT2D eigenvalue weighted by atomic mass is 32.1. The Kier molecular flexibility index (Phi) is 5.39. The number of rotatable bonds is 5. The van der Waals surface area contributed by atoms with E-state index in [1.165, 1.54) is 23.5 Å². The number of amides is 1. The molecule has 8 heteroatoms. The molecular weight excluding hydrogens is 331 g/mol. The van der Waals surface area contributed by atoms with Gasteiger partial charge >= 0.3 is 0 Å². The third kappa shape index (κ3) is 4.08. The Hall–Kier alpha value is -2.03. The number of carbonyl (C=O) groups is 1. The van der Waals surface area contributed by atoms with Crippen molar-refractivity contribution in [3.63, 3.8) is 0 Å². The van der Waals surface area contributed by atoms with Crippen molar-refractivity contribution in [3.05, 3.63) is 40.1 Å². The summed E-state index contributed by atoms with van der Waals surface area (Å²) in [6.07, 6.45) is 0.638. The summed E-state index contributed by atoms with van der Waals surface area (Å²) in [4.78, 5) is 18.5. The quantitative estimate of drug-likeness (QED) is 0.860. The van der Waals surface area contributed by atoms with Gasteiger partial charge in [0, 0.05) is 36.3 Å². The van der Waals surface area contributed by atoms with Crippen molar-refractivity contribution >= 4 is 28.6 Å². The number of benzene rings is 1. The van der Waals surface area contributed by atoms with Gasteiger partial charge in [-0.2, -0.15) is 0 Å².